The zero-order valence-corrected chi connectivity index (χ0v) is 17.4. The first kappa shape index (κ1) is 21.5. The quantitative estimate of drug-likeness (QED) is 0.407. The van der Waals surface area contributed by atoms with Crippen LogP contribution in [0.15, 0.2) is 41.2 Å². The van der Waals surface area contributed by atoms with Gasteiger partial charge in [-0.2, -0.15) is 18.2 Å². The van der Waals surface area contributed by atoms with E-state index in [1.165, 1.54) is 24.3 Å². The number of benzene rings is 2. The highest BCUT2D eigenvalue weighted by Gasteiger charge is 2.41. The molecular formula is C19H10Cl3F3N4O2. The molecule has 12 heteroatoms. The van der Waals surface area contributed by atoms with Gasteiger partial charge in [-0.15, -0.1) is 0 Å². The molecule has 0 spiro atoms. The molecule has 0 saturated carbocycles. The fraction of sp³-hybridized carbons (Fsp3) is 0.105. The van der Waals surface area contributed by atoms with Gasteiger partial charge in [0, 0.05) is 11.4 Å². The predicted molar refractivity (Wildman–Crippen MR) is 110 cm³/mol. The van der Waals surface area contributed by atoms with E-state index in [-0.39, 0.29) is 44.6 Å². The topological polar surface area (TPSA) is 83.8 Å². The molecule has 6 nitrogen and oxygen atoms in total. The molecule has 0 amide bonds. The summed E-state index contributed by atoms with van der Waals surface area (Å²) in [5, 5.41) is 11.8. The smallest absolute Gasteiger partial charge is 0.433 e. The van der Waals surface area contributed by atoms with Crippen LogP contribution in [0.2, 0.25) is 15.1 Å². The average molecular weight is 490 g/mol. The monoisotopic (exact) mass is 488 g/mol. The molecule has 2 heterocycles. The van der Waals surface area contributed by atoms with Gasteiger partial charge in [0.05, 0.1) is 10.0 Å². The third-order valence-electron chi connectivity index (χ3n) is 4.35. The van der Waals surface area contributed by atoms with Gasteiger partial charge in [0.15, 0.2) is 11.5 Å². The van der Waals surface area contributed by atoms with Crippen molar-refractivity contribution in [2.24, 2.45) is 0 Å². The van der Waals surface area contributed by atoms with E-state index in [0.717, 1.165) is 4.68 Å². The van der Waals surface area contributed by atoms with Gasteiger partial charge in [-0.05, 0) is 29.8 Å². The Kier molecular flexibility index (Phi) is 5.36. The van der Waals surface area contributed by atoms with Gasteiger partial charge in [-0.3, -0.25) is 9.89 Å². The first-order valence-electron chi connectivity index (χ1n) is 8.56. The molecule has 0 aliphatic carbocycles. The molecule has 31 heavy (non-hydrogen) atoms. The number of phenolic OH excluding ortho intramolecular Hbond substituents is 1. The van der Waals surface area contributed by atoms with Crippen LogP contribution in [0.3, 0.4) is 0 Å². The van der Waals surface area contributed by atoms with Crippen LogP contribution in [0.4, 0.5) is 13.2 Å². The molecule has 4 rings (SSSR count). The molecule has 2 aliphatic rings. The fourth-order valence-corrected chi connectivity index (χ4v) is 4.10. The number of aromatic hydroxyl groups is 1. The number of fused-ring (bicyclic) bond motifs is 1. The molecule has 2 aliphatic heterocycles. The van der Waals surface area contributed by atoms with Crippen molar-refractivity contribution in [1.82, 2.24) is 19.7 Å². The van der Waals surface area contributed by atoms with Crippen molar-refractivity contribution in [1.29, 1.82) is 0 Å². The van der Waals surface area contributed by atoms with Crippen molar-refractivity contribution in [2.45, 2.75) is 12.6 Å². The summed E-state index contributed by atoms with van der Waals surface area (Å²) < 4.78 is 41.8. The minimum atomic E-state index is -4.90. The molecule has 0 radical (unpaired) electrons. The summed E-state index contributed by atoms with van der Waals surface area (Å²) in [7, 11) is 0. The van der Waals surface area contributed by atoms with Crippen molar-refractivity contribution in [2.75, 3.05) is 0 Å². The molecule has 2 aromatic rings. The molecule has 2 aromatic carbocycles. The first-order valence-corrected chi connectivity index (χ1v) is 9.69. The van der Waals surface area contributed by atoms with Crippen molar-refractivity contribution in [3.63, 3.8) is 0 Å². The normalized spacial score (nSPS) is 11.9. The van der Waals surface area contributed by atoms with Gasteiger partial charge in [0.2, 0.25) is 0 Å². The van der Waals surface area contributed by atoms with E-state index in [0.29, 0.717) is 5.56 Å². The predicted octanol–water partition coefficient (Wildman–Crippen LogP) is 5.34. The van der Waals surface area contributed by atoms with E-state index < -0.39 is 23.0 Å². The molecule has 0 unspecified atom stereocenters. The molecule has 0 bridgehead atoms. The molecule has 160 valence electrons. The summed E-state index contributed by atoms with van der Waals surface area (Å²) in [6.45, 7) is 0. The van der Waals surface area contributed by atoms with Crippen LogP contribution in [0.1, 0.15) is 17.1 Å². The van der Waals surface area contributed by atoms with Gasteiger partial charge in [0.25, 0.3) is 5.56 Å². The maximum Gasteiger partial charge on any atom is 0.433 e. The van der Waals surface area contributed by atoms with Gasteiger partial charge in [-0.1, -0.05) is 46.9 Å². The van der Waals surface area contributed by atoms with E-state index in [2.05, 4.69) is 15.1 Å². The molecule has 0 atom stereocenters. The summed E-state index contributed by atoms with van der Waals surface area (Å²) in [5.74, 6) is -0.420. The number of aromatic nitrogens is 4. The van der Waals surface area contributed by atoms with Gasteiger partial charge < -0.3 is 5.11 Å². The second-order valence-electron chi connectivity index (χ2n) is 6.53. The lowest BCUT2D eigenvalue weighted by Crippen LogP contribution is -2.19. The van der Waals surface area contributed by atoms with Crippen LogP contribution in [0, 0.1) is 0 Å². The number of phenols is 1. The standard InChI is InChI=1S/C19H10Cl3F3N4O2/c20-9-6-11(21)15(12(22)7-9)29-17-14(16(28-29)19(23,24)25)18(31)27-13(26-17)5-8-2-1-3-10(30)4-8/h1-4,6-7,28,30H,5H2. The zero-order chi connectivity index (χ0) is 22.5. The van der Waals surface area contributed by atoms with Crippen LogP contribution in [-0.4, -0.2) is 24.9 Å². The van der Waals surface area contributed by atoms with Crippen molar-refractivity contribution < 1.29 is 18.3 Å². The first-order chi connectivity index (χ1) is 14.5. The Labute approximate surface area is 187 Å². The number of H-pyrrole nitrogens is 1. The van der Waals surface area contributed by atoms with Crippen molar-refractivity contribution in [3.05, 3.63) is 78.9 Å². The number of nitrogens with one attached hydrogen (secondary N) is 1. The number of rotatable bonds is 3. The number of hydrogen-bond acceptors (Lipinski definition) is 4. The Morgan fingerprint density at radius 2 is 1.74 bits per heavy atom. The molecule has 0 fully saturated rings. The zero-order valence-electron chi connectivity index (χ0n) is 15.1. The third-order valence-corrected chi connectivity index (χ3v) is 5.14. The second kappa shape index (κ2) is 7.74. The highest BCUT2D eigenvalue weighted by atomic mass is 35.5. The summed E-state index contributed by atoms with van der Waals surface area (Å²) in [5.41, 5.74) is -2.72. The molecular weight excluding hydrogens is 480 g/mol. The number of hydrogen-bond donors (Lipinski definition) is 2. The maximum atomic E-state index is 13.6. The van der Waals surface area contributed by atoms with E-state index in [1.807, 2.05) is 0 Å². The SMILES string of the molecule is O=c1nc(Cc2cccc(O)c2)nc2n(-c3c(Cl)cc(Cl)cc3Cl)[nH]c(C(F)(F)F)c1-2. The summed E-state index contributed by atoms with van der Waals surface area (Å²) >= 11 is 18.3. The van der Waals surface area contributed by atoms with Crippen LogP contribution in [0.5, 0.6) is 5.75 Å². The number of nitrogens with zero attached hydrogens (tertiary/aromatic N) is 3. The van der Waals surface area contributed by atoms with Crippen LogP contribution >= 0.6 is 34.8 Å². The van der Waals surface area contributed by atoms with Gasteiger partial charge >= 0.3 is 6.18 Å². The molecule has 0 aromatic heterocycles. The Bertz CT molecular complexity index is 1310. The average Bonchev–Trinajstić information content (AvgIpc) is 3.01. The van der Waals surface area contributed by atoms with Crippen LogP contribution in [-0.2, 0) is 12.6 Å². The Balaban J connectivity index is 1.98. The van der Waals surface area contributed by atoms with E-state index in [4.69, 9.17) is 34.8 Å². The van der Waals surface area contributed by atoms with Gasteiger partial charge in [0.1, 0.15) is 22.8 Å². The minimum absolute atomic E-state index is 0.00576. The lowest BCUT2D eigenvalue weighted by atomic mass is 10.1. The third kappa shape index (κ3) is 4.08. The number of halogens is 6. The van der Waals surface area contributed by atoms with E-state index in [9.17, 15) is 23.1 Å². The highest BCUT2D eigenvalue weighted by Crippen LogP contribution is 2.39. The highest BCUT2D eigenvalue weighted by molar-refractivity contribution is 6.40. The number of alkyl halides is 3. The van der Waals surface area contributed by atoms with Crippen molar-refractivity contribution in [3.8, 4) is 22.8 Å². The lowest BCUT2D eigenvalue weighted by Gasteiger charge is -2.11. The van der Waals surface area contributed by atoms with E-state index >= 15 is 0 Å². The second-order valence-corrected chi connectivity index (χ2v) is 7.78. The van der Waals surface area contributed by atoms with Crippen LogP contribution < -0.4 is 5.56 Å². The Morgan fingerprint density at radius 3 is 2.35 bits per heavy atom. The summed E-state index contributed by atoms with van der Waals surface area (Å²) in [4.78, 5) is 20.4. The Hall–Kier alpha value is -2.75. The van der Waals surface area contributed by atoms with Crippen molar-refractivity contribution >= 4 is 34.8 Å². The summed E-state index contributed by atoms with van der Waals surface area (Å²) in [6.07, 6.45) is -4.90. The number of aromatic amines is 1. The lowest BCUT2D eigenvalue weighted by molar-refractivity contribution is -0.140. The minimum Gasteiger partial charge on any atom is -0.508 e. The summed E-state index contributed by atoms with van der Waals surface area (Å²) in [6, 6.07) is 8.70. The molecule has 2 N–H and O–H groups in total. The Morgan fingerprint density at radius 1 is 1.06 bits per heavy atom. The van der Waals surface area contributed by atoms with Gasteiger partial charge in [-0.25, -0.2) is 9.67 Å². The van der Waals surface area contributed by atoms with E-state index in [1.54, 1.807) is 12.1 Å². The largest absolute Gasteiger partial charge is 0.508 e. The maximum absolute atomic E-state index is 13.6. The van der Waals surface area contributed by atoms with Crippen LogP contribution in [0.25, 0.3) is 17.1 Å². The molecule has 0 saturated heterocycles. The fourth-order valence-electron chi connectivity index (χ4n) is 3.12.